The second-order valence-electron chi connectivity index (χ2n) is 6.04. The fourth-order valence-corrected chi connectivity index (χ4v) is 2.85. The molecule has 0 aliphatic carbocycles. The maximum absolute atomic E-state index is 12.4. The predicted octanol–water partition coefficient (Wildman–Crippen LogP) is 3.02. The zero-order chi connectivity index (χ0) is 22.5. The lowest BCUT2D eigenvalue weighted by Gasteiger charge is -2.10. The number of hydrogen-bond donors (Lipinski definition) is 2. The molecule has 0 aliphatic heterocycles. The van der Waals surface area contributed by atoms with Crippen LogP contribution in [-0.2, 0) is 0 Å². The molecular formula is C20H14ClN3O7. The summed E-state index contributed by atoms with van der Waals surface area (Å²) in [6, 6.07) is 10.9. The van der Waals surface area contributed by atoms with Crippen LogP contribution in [0.4, 0.5) is 5.69 Å². The SMILES string of the molecule is COc1cc(/C=C/c2[nH]c(=O)[nH]c(=O)c2[N+](=O)[O-])ccc1OC(=O)c1ccccc1Cl. The molecule has 1 heterocycles. The smallest absolute Gasteiger partial charge is 0.357 e. The lowest BCUT2D eigenvalue weighted by atomic mass is 10.1. The number of rotatable bonds is 6. The third-order valence-corrected chi connectivity index (χ3v) is 4.38. The molecule has 0 fully saturated rings. The summed E-state index contributed by atoms with van der Waals surface area (Å²) in [5, 5.41) is 11.3. The second kappa shape index (κ2) is 9.09. The van der Waals surface area contributed by atoms with Crippen molar-refractivity contribution in [3.05, 3.63) is 95.3 Å². The van der Waals surface area contributed by atoms with Gasteiger partial charge in [-0.25, -0.2) is 9.59 Å². The number of methoxy groups -OCH3 is 1. The summed E-state index contributed by atoms with van der Waals surface area (Å²) in [7, 11) is 1.37. The van der Waals surface area contributed by atoms with E-state index in [4.69, 9.17) is 21.1 Å². The van der Waals surface area contributed by atoms with Crippen LogP contribution in [0, 0.1) is 10.1 Å². The molecule has 31 heavy (non-hydrogen) atoms. The van der Waals surface area contributed by atoms with Gasteiger partial charge >= 0.3 is 22.9 Å². The molecule has 0 radical (unpaired) electrons. The molecule has 0 unspecified atom stereocenters. The highest BCUT2D eigenvalue weighted by Crippen LogP contribution is 2.30. The highest BCUT2D eigenvalue weighted by atomic mass is 35.5. The minimum atomic E-state index is -1.12. The maximum Gasteiger partial charge on any atom is 0.357 e. The molecule has 0 spiro atoms. The van der Waals surface area contributed by atoms with Crippen LogP contribution in [-0.4, -0.2) is 28.0 Å². The summed E-state index contributed by atoms with van der Waals surface area (Å²) in [5.74, 6) is -0.347. The summed E-state index contributed by atoms with van der Waals surface area (Å²) in [4.78, 5) is 49.7. The molecule has 0 saturated carbocycles. The first-order chi connectivity index (χ1) is 14.8. The highest BCUT2D eigenvalue weighted by molar-refractivity contribution is 6.33. The number of esters is 1. The van der Waals surface area contributed by atoms with Crippen molar-refractivity contribution < 1.29 is 19.2 Å². The molecule has 0 amide bonds. The molecule has 0 aliphatic rings. The van der Waals surface area contributed by atoms with Gasteiger partial charge in [-0.15, -0.1) is 0 Å². The normalized spacial score (nSPS) is 10.8. The van der Waals surface area contributed by atoms with Crippen molar-refractivity contribution in [1.82, 2.24) is 9.97 Å². The van der Waals surface area contributed by atoms with E-state index in [0.29, 0.717) is 5.56 Å². The van der Waals surface area contributed by atoms with E-state index >= 15 is 0 Å². The number of aromatic amines is 2. The number of ether oxygens (including phenoxy) is 2. The van der Waals surface area contributed by atoms with E-state index in [0.717, 1.165) is 0 Å². The van der Waals surface area contributed by atoms with Gasteiger partial charge in [-0.05, 0) is 35.9 Å². The van der Waals surface area contributed by atoms with Crippen LogP contribution in [0.5, 0.6) is 11.5 Å². The van der Waals surface area contributed by atoms with Gasteiger partial charge in [0.2, 0.25) is 0 Å². The number of halogens is 1. The van der Waals surface area contributed by atoms with Gasteiger partial charge in [-0.3, -0.25) is 19.9 Å². The Morgan fingerprint density at radius 2 is 1.84 bits per heavy atom. The summed E-state index contributed by atoms with van der Waals surface area (Å²) in [6.45, 7) is 0. The predicted molar refractivity (Wildman–Crippen MR) is 113 cm³/mol. The van der Waals surface area contributed by atoms with E-state index in [2.05, 4.69) is 4.98 Å². The van der Waals surface area contributed by atoms with Gasteiger partial charge in [0.05, 0.1) is 22.6 Å². The standard InChI is InChI=1S/C20H14ClN3O7/c1-30-16-10-11(6-8-14-17(24(28)29)18(25)23-20(27)22-14)7-9-15(16)31-19(26)12-4-2-3-5-13(12)21/h2-10H,1H3,(H2,22,23,25,27)/b8-6+. The first-order valence-corrected chi connectivity index (χ1v) is 9.01. The summed E-state index contributed by atoms with van der Waals surface area (Å²) >= 11 is 6.00. The third-order valence-electron chi connectivity index (χ3n) is 4.05. The van der Waals surface area contributed by atoms with E-state index < -0.39 is 27.8 Å². The average molecular weight is 444 g/mol. The third kappa shape index (κ3) is 4.87. The molecular weight excluding hydrogens is 430 g/mol. The number of nitrogens with zero attached hydrogens (tertiary/aromatic N) is 1. The molecule has 3 rings (SSSR count). The zero-order valence-electron chi connectivity index (χ0n) is 15.9. The molecule has 2 N–H and O–H groups in total. The maximum atomic E-state index is 12.4. The number of nitro groups is 1. The van der Waals surface area contributed by atoms with Crippen LogP contribution in [0.2, 0.25) is 5.02 Å². The molecule has 0 saturated heterocycles. The van der Waals surface area contributed by atoms with Crippen LogP contribution >= 0.6 is 11.6 Å². The van der Waals surface area contributed by atoms with Crippen molar-refractivity contribution in [3.8, 4) is 11.5 Å². The Hall–Kier alpha value is -4.18. The molecule has 11 heteroatoms. The number of aromatic nitrogens is 2. The number of carbonyl (C=O) groups excluding carboxylic acids is 1. The fourth-order valence-electron chi connectivity index (χ4n) is 2.63. The quantitative estimate of drug-likeness (QED) is 0.258. The minimum absolute atomic E-state index is 0.125. The second-order valence-corrected chi connectivity index (χ2v) is 6.45. The lowest BCUT2D eigenvalue weighted by Crippen LogP contribution is -2.25. The number of carbonyl (C=O) groups is 1. The Morgan fingerprint density at radius 3 is 2.52 bits per heavy atom. The number of hydrogen-bond acceptors (Lipinski definition) is 7. The van der Waals surface area contributed by atoms with Crippen molar-refractivity contribution >= 4 is 35.4 Å². The van der Waals surface area contributed by atoms with Gasteiger partial charge in [0, 0.05) is 0 Å². The van der Waals surface area contributed by atoms with Crippen molar-refractivity contribution in [2.45, 2.75) is 0 Å². The Labute approximate surface area is 178 Å². The molecule has 158 valence electrons. The fraction of sp³-hybridized carbons (Fsp3) is 0.0500. The van der Waals surface area contributed by atoms with Gasteiger partial charge in [-0.1, -0.05) is 35.9 Å². The van der Waals surface area contributed by atoms with E-state index in [1.807, 2.05) is 0 Å². The topological polar surface area (TPSA) is 144 Å². The van der Waals surface area contributed by atoms with Crippen molar-refractivity contribution in [2.75, 3.05) is 7.11 Å². The van der Waals surface area contributed by atoms with Crippen LogP contribution in [0.1, 0.15) is 21.6 Å². The van der Waals surface area contributed by atoms with E-state index in [-0.39, 0.29) is 27.8 Å². The number of nitrogens with one attached hydrogen (secondary N) is 2. The Morgan fingerprint density at radius 1 is 1.10 bits per heavy atom. The monoisotopic (exact) mass is 443 g/mol. The van der Waals surface area contributed by atoms with Gasteiger partial charge < -0.3 is 14.5 Å². The first-order valence-electron chi connectivity index (χ1n) is 8.64. The van der Waals surface area contributed by atoms with Gasteiger partial charge in [0.15, 0.2) is 11.5 Å². The molecule has 2 aromatic carbocycles. The molecule has 3 aromatic rings. The first kappa shape index (κ1) is 21.5. The van der Waals surface area contributed by atoms with Gasteiger partial charge in [-0.2, -0.15) is 0 Å². The summed E-state index contributed by atoms with van der Waals surface area (Å²) in [6.07, 6.45) is 2.62. The molecule has 10 nitrogen and oxygen atoms in total. The molecule has 1 aromatic heterocycles. The summed E-state index contributed by atoms with van der Waals surface area (Å²) in [5.41, 5.74) is -2.40. The van der Waals surface area contributed by atoms with Crippen molar-refractivity contribution in [2.24, 2.45) is 0 Å². The van der Waals surface area contributed by atoms with E-state index in [9.17, 15) is 24.5 Å². The number of H-pyrrole nitrogens is 2. The van der Waals surface area contributed by atoms with Gasteiger partial charge in [0.1, 0.15) is 5.69 Å². The minimum Gasteiger partial charge on any atom is -0.493 e. The van der Waals surface area contributed by atoms with Gasteiger partial charge in [0.25, 0.3) is 0 Å². The number of benzene rings is 2. The zero-order valence-corrected chi connectivity index (χ0v) is 16.6. The van der Waals surface area contributed by atoms with Crippen LogP contribution in [0.15, 0.2) is 52.1 Å². The van der Waals surface area contributed by atoms with E-state index in [1.54, 1.807) is 29.2 Å². The van der Waals surface area contributed by atoms with Crippen LogP contribution < -0.4 is 20.7 Å². The molecule has 0 atom stereocenters. The Balaban J connectivity index is 1.90. The highest BCUT2D eigenvalue weighted by Gasteiger charge is 2.19. The Bertz CT molecular complexity index is 1310. The lowest BCUT2D eigenvalue weighted by molar-refractivity contribution is -0.386. The van der Waals surface area contributed by atoms with Crippen LogP contribution in [0.25, 0.3) is 12.2 Å². The largest absolute Gasteiger partial charge is 0.493 e. The summed E-state index contributed by atoms with van der Waals surface area (Å²) < 4.78 is 10.6. The van der Waals surface area contributed by atoms with Crippen LogP contribution in [0.3, 0.4) is 0 Å². The average Bonchev–Trinajstić information content (AvgIpc) is 2.72. The Kier molecular flexibility index (Phi) is 6.32. The van der Waals surface area contributed by atoms with Crippen molar-refractivity contribution in [1.29, 1.82) is 0 Å². The van der Waals surface area contributed by atoms with E-state index in [1.165, 1.54) is 37.5 Å². The molecule has 0 bridgehead atoms. The van der Waals surface area contributed by atoms with Crippen molar-refractivity contribution in [3.63, 3.8) is 0 Å².